The number of nitrogens with zero attached hydrogens (tertiary/aromatic N) is 1. The van der Waals surface area contributed by atoms with E-state index in [0.29, 0.717) is 0 Å². The van der Waals surface area contributed by atoms with Crippen LogP contribution in [-0.4, -0.2) is 4.98 Å². The maximum atomic E-state index is 6.08. The minimum atomic E-state index is 0.780. The molecular weight excluding hydrogens is 260 g/mol. The van der Waals surface area contributed by atoms with Crippen molar-refractivity contribution in [2.75, 3.05) is 5.73 Å². The first kappa shape index (κ1) is 11.4. The van der Waals surface area contributed by atoms with Crippen LogP contribution in [0, 0.1) is 6.92 Å². The molecule has 4 heteroatoms. The van der Waals surface area contributed by atoms with Crippen LogP contribution in [0.3, 0.4) is 0 Å². The highest BCUT2D eigenvalue weighted by Crippen LogP contribution is 2.38. The van der Waals surface area contributed by atoms with Gasteiger partial charge < -0.3 is 5.73 Å². The molecule has 90 valence electrons. The molecule has 0 aliphatic heterocycles. The molecule has 0 amide bonds. The Morgan fingerprint density at radius 1 is 1.00 bits per heavy atom. The van der Waals surface area contributed by atoms with Gasteiger partial charge in [-0.1, -0.05) is 41.7 Å². The molecule has 0 spiro atoms. The van der Waals surface area contributed by atoms with Gasteiger partial charge in [0.15, 0.2) is 0 Å². The van der Waals surface area contributed by atoms with Crippen LogP contribution in [0.2, 0.25) is 0 Å². The van der Waals surface area contributed by atoms with Crippen LogP contribution in [0.1, 0.15) is 4.88 Å². The lowest BCUT2D eigenvalue weighted by Crippen LogP contribution is -1.84. The second kappa shape index (κ2) is 4.55. The molecule has 0 radical (unpaired) electrons. The molecule has 2 heterocycles. The first-order chi connectivity index (χ1) is 8.74. The maximum Gasteiger partial charge on any atom is 0.136 e. The van der Waals surface area contributed by atoms with E-state index >= 15 is 0 Å². The summed E-state index contributed by atoms with van der Waals surface area (Å²) in [6.07, 6.45) is 0. The van der Waals surface area contributed by atoms with Crippen molar-refractivity contribution in [1.29, 1.82) is 0 Å². The first-order valence-electron chi connectivity index (χ1n) is 5.62. The fourth-order valence-corrected chi connectivity index (χ4v) is 3.57. The van der Waals surface area contributed by atoms with Gasteiger partial charge in [0.1, 0.15) is 15.7 Å². The number of rotatable bonds is 2. The fraction of sp³-hybridized carbons (Fsp3) is 0.0714. The zero-order chi connectivity index (χ0) is 12.5. The molecule has 2 aromatic heterocycles. The predicted octanol–water partition coefficient (Wildman–Crippen LogP) is 4.43. The molecule has 0 saturated heterocycles. The topological polar surface area (TPSA) is 38.9 Å². The van der Waals surface area contributed by atoms with Crippen LogP contribution in [0.15, 0.2) is 42.5 Å². The van der Waals surface area contributed by atoms with Crippen molar-refractivity contribution >= 4 is 27.7 Å². The Bertz CT molecular complexity index is 668. The first-order valence-corrected chi connectivity index (χ1v) is 7.26. The quantitative estimate of drug-likeness (QED) is 0.749. The molecule has 0 saturated carbocycles. The summed E-state index contributed by atoms with van der Waals surface area (Å²) in [7, 11) is 0. The third-order valence-electron chi connectivity index (χ3n) is 2.65. The van der Waals surface area contributed by atoms with Crippen molar-refractivity contribution in [3.8, 4) is 21.1 Å². The third kappa shape index (κ3) is 2.05. The van der Waals surface area contributed by atoms with E-state index in [1.807, 2.05) is 30.3 Å². The van der Waals surface area contributed by atoms with Crippen LogP contribution in [0.5, 0.6) is 0 Å². The van der Waals surface area contributed by atoms with Crippen LogP contribution in [0.4, 0.5) is 5.00 Å². The maximum absolute atomic E-state index is 6.08. The van der Waals surface area contributed by atoms with Crippen molar-refractivity contribution in [2.24, 2.45) is 0 Å². The van der Waals surface area contributed by atoms with Gasteiger partial charge in [-0.05, 0) is 19.1 Å². The summed E-state index contributed by atoms with van der Waals surface area (Å²) in [6.45, 7) is 2.10. The van der Waals surface area contributed by atoms with Gasteiger partial charge in [0.25, 0.3) is 0 Å². The van der Waals surface area contributed by atoms with E-state index in [-0.39, 0.29) is 0 Å². The summed E-state index contributed by atoms with van der Waals surface area (Å²) in [5.41, 5.74) is 8.04. The summed E-state index contributed by atoms with van der Waals surface area (Å²) in [5, 5.41) is 1.78. The molecule has 0 unspecified atom stereocenters. The van der Waals surface area contributed by atoms with Crippen molar-refractivity contribution in [3.63, 3.8) is 0 Å². The monoisotopic (exact) mass is 272 g/mol. The Morgan fingerprint density at radius 2 is 1.78 bits per heavy atom. The largest absolute Gasteiger partial charge is 0.389 e. The molecule has 2 nitrogen and oxygen atoms in total. The molecule has 1 aromatic carbocycles. The number of nitrogen functional groups attached to an aromatic ring is 1. The van der Waals surface area contributed by atoms with E-state index in [0.717, 1.165) is 21.3 Å². The summed E-state index contributed by atoms with van der Waals surface area (Å²) >= 11 is 3.30. The molecule has 0 bridgehead atoms. The predicted molar refractivity (Wildman–Crippen MR) is 80.0 cm³/mol. The van der Waals surface area contributed by atoms with E-state index in [2.05, 4.69) is 24.0 Å². The molecule has 3 rings (SSSR count). The lowest BCUT2D eigenvalue weighted by molar-refractivity contribution is 1.41. The Morgan fingerprint density at radius 3 is 2.44 bits per heavy atom. The number of anilines is 1. The summed E-state index contributed by atoms with van der Waals surface area (Å²) in [6, 6.07) is 14.3. The highest BCUT2D eigenvalue weighted by molar-refractivity contribution is 7.24. The number of aryl methyl sites for hydroxylation is 1. The lowest BCUT2D eigenvalue weighted by atomic mass is 10.2. The number of nitrogens with two attached hydrogens (primary N) is 1. The molecular formula is C14H12N2S2. The molecule has 0 aliphatic rings. The summed E-state index contributed by atoms with van der Waals surface area (Å²) in [4.78, 5) is 7.15. The average molecular weight is 272 g/mol. The van der Waals surface area contributed by atoms with Crippen molar-refractivity contribution in [3.05, 3.63) is 47.3 Å². The van der Waals surface area contributed by atoms with Gasteiger partial charge in [-0.2, -0.15) is 0 Å². The number of hydrogen-bond acceptors (Lipinski definition) is 4. The average Bonchev–Trinajstić information content (AvgIpc) is 2.97. The zero-order valence-electron chi connectivity index (χ0n) is 9.88. The van der Waals surface area contributed by atoms with E-state index in [1.54, 1.807) is 22.7 Å². The van der Waals surface area contributed by atoms with Crippen molar-refractivity contribution < 1.29 is 0 Å². The molecule has 2 N–H and O–H groups in total. The highest BCUT2D eigenvalue weighted by Gasteiger charge is 2.12. The minimum Gasteiger partial charge on any atom is -0.389 e. The summed E-state index contributed by atoms with van der Waals surface area (Å²) < 4.78 is 0. The van der Waals surface area contributed by atoms with Gasteiger partial charge in [-0.25, -0.2) is 4.98 Å². The van der Waals surface area contributed by atoms with E-state index in [4.69, 9.17) is 5.73 Å². The number of aromatic nitrogens is 1. The molecule has 0 aliphatic carbocycles. The van der Waals surface area contributed by atoms with Gasteiger partial charge in [-0.15, -0.1) is 11.3 Å². The Hall–Kier alpha value is -1.65. The van der Waals surface area contributed by atoms with Gasteiger partial charge in [0, 0.05) is 10.4 Å². The Labute approximate surface area is 114 Å². The minimum absolute atomic E-state index is 0.780. The van der Waals surface area contributed by atoms with Gasteiger partial charge in [-0.3, -0.25) is 0 Å². The Balaban J connectivity index is 2.06. The third-order valence-corrected chi connectivity index (χ3v) is 4.71. The van der Waals surface area contributed by atoms with Gasteiger partial charge in [0.2, 0.25) is 0 Å². The van der Waals surface area contributed by atoms with Crippen molar-refractivity contribution in [2.45, 2.75) is 6.92 Å². The zero-order valence-corrected chi connectivity index (χ0v) is 11.5. The van der Waals surface area contributed by atoms with E-state index in [1.165, 1.54) is 9.75 Å². The standard InChI is InChI=1S/C14H12N2S2/c1-9-7-8-11(17-9)14-16-12(13(15)18-14)10-5-3-2-4-6-10/h2-8H,15H2,1H3. The second-order valence-corrected chi connectivity index (χ2v) is 6.33. The molecule has 0 fully saturated rings. The normalized spacial score (nSPS) is 10.7. The van der Waals surface area contributed by atoms with Crippen LogP contribution >= 0.6 is 22.7 Å². The van der Waals surface area contributed by atoms with Crippen LogP contribution in [0.25, 0.3) is 21.1 Å². The Kier molecular flexibility index (Phi) is 2.89. The van der Waals surface area contributed by atoms with Crippen LogP contribution < -0.4 is 5.73 Å². The van der Waals surface area contributed by atoms with Gasteiger partial charge in [0.05, 0.1) is 4.88 Å². The van der Waals surface area contributed by atoms with Gasteiger partial charge >= 0.3 is 0 Å². The fourth-order valence-electron chi connectivity index (χ4n) is 1.79. The van der Waals surface area contributed by atoms with Crippen LogP contribution in [-0.2, 0) is 0 Å². The number of thiophene rings is 1. The lowest BCUT2D eigenvalue weighted by Gasteiger charge is -1.96. The second-order valence-electron chi connectivity index (χ2n) is 4.01. The molecule has 3 aromatic rings. The number of hydrogen-bond donors (Lipinski definition) is 1. The molecule has 18 heavy (non-hydrogen) atoms. The van der Waals surface area contributed by atoms with E-state index < -0.39 is 0 Å². The van der Waals surface area contributed by atoms with Crippen molar-refractivity contribution in [1.82, 2.24) is 4.98 Å². The van der Waals surface area contributed by atoms with E-state index in [9.17, 15) is 0 Å². The summed E-state index contributed by atoms with van der Waals surface area (Å²) in [5.74, 6) is 0. The smallest absolute Gasteiger partial charge is 0.136 e. The molecule has 0 atom stereocenters. The SMILES string of the molecule is Cc1ccc(-c2nc(-c3ccccc3)c(N)s2)s1. The highest BCUT2D eigenvalue weighted by atomic mass is 32.1. The number of thiazole rings is 1. The number of benzene rings is 1.